The van der Waals surface area contributed by atoms with Crippen molar-refractivity contribution >= 4 is 45.8 Å². The SMILES string of the molecule is CNC(=O)c1cnc2ccc(Cl)nc2c1N(C(C)=O)c1cccc(C(F)(F)F)c1. The van der Waals surface area contributed by atoms with Gasteiger partial charge in [-0.15, -0.1) is 0 Å². The standard InChI is InChI=1S/C19H14ClF3N4O2/c1-10(28)27(12-5-3-4-11(8-12)19(21,22)23)17-13(18(29)24-2)9-25-14-6-7-15(20)26-16(14)17/h3-9H,1-2H3,(H,24,29). The van der Waals surface area contributed by atoms with Gasteiger partial charge in [0.2, 0.25) is 5.91 Å². The summed E-state index contributed by atoms with van der Waals surface area (Å²) in [6, 6.07) is 7.24. The Morgan fingerprint density at radius 2 is 1.90 bits per heavy atom. The maximum absolute atomic E-state index is 13.2. The molecule has 1 aromatic carbocycles. The normalized spacial score (nSPS) is 11.4. The number of halogens is 4. The molecule has 29 heavy (non-hydrogen) atoms. The van der Waals surface area contributed by atoms with Gasteiger partial charge in [-0.2, -0.15) is 13.2 Å². The van der Waals surface area contributed by atoms with Crippen molar-refractivity contribution in [2.24, 2.45) is 0 Å². The van der Waals surface area contributed by atoms with Crippen LogP contribution in [0.2, 0.25) is 5.15 Å². The number of anilines is 2. The number of amides is 2. The first-order valence-corrected chi connectivity index (χ1v) is 8.66. The molecule has 0 radical (unpaired) electrons. The van der Waals surface area contributed by atoms with Gasteiger partial charge in [-0.05, 0) is 30.3 Å². The molecule has 0 unspecified atom stereocenters. The summed E-state index contributed by atoms with van der Waals surface area (Å²) in [5, 5.41) is 2.50. The third-order valence-corrected chi connectivity index (χ3v) is 4.30. The maximum atomic E-state index is 13.2. The lowest BCUT2D eigenvalue weighted by molar-refractivity contribution is -0.137. The summed E-state index contributed by atoms with van der Waals surface area (Å²) in [6.07, 6.45) is -3.38. The number of nitrogens with one attached hydrogen (secondary N) is 1. The quantitative estimate of drug-likeness (QED) is 0.637. The largest absolute Gasteiger partial charge is 0.416 e. The van der Waals surface area contributed by atoms with Gasteiger partial charge >= 0.3 is 6.18 Å². The van der Waals surface area contributed by atoms with E-state index in [1.807, 2.05) is 0 Å². The van der Waals surface area contributed by atoms with Gasteiger partial charge in [0.25, 0.3) is 5.91 Å². The lowest BCUT2D eigenvalue weighted by Crippen LogP contribution is -2.28. The van der Waals surface area contributed by atoms with Crippen molar-refractivity contribution in [2.75, 3.05) is 11.9 Å². The predicted molar refractivity (Wildman–Crippen MR) is 102 cm³/mol. The average Bonchev–Trinajstić information content (AvgIpc) is 2.67. The van der Waals surface area contributed by atoms with Crippen LogP contribution in [0.4, 0.5) is 24.5 Å². The van der Waals surface area contributed by atoms with E-state index in [0.717, 1.165) is 17.0 Å². The fourth-order valence-corrected chi connectivity index (χ4v) is 2.99. The number of rotatable bonds is 3. The molecule has 3 aromatic rings. The molecule has 0 atom stereocenters. The maximum Gasteiger partial charge on any atom is 0.416 e. The molecule has 0 saturated carbocycles. The fraction of sp³-hybridized carbons (Fsp3) is 0.158. The van der Waals surface area contributed by atoms with E-state index in [4.69, 9.17) is 11.6 Å². The number of alkyl halides is 3. The number of nitrogens with zero attached hydrogens (tertiary/aromatic N) is 3. The molecular formula is C19H14ClF3N4O2. The Hall–Kier alpha value is -3.20. The average molecular weight is 423 g/mol. The van der Waals surface area contributed by atoms with Gasteiger partial charge in [0.15, 0.2) is 0 Å². The number of pyridine rings is 2. The van der Waals surface area contributed by atoms with Crippen LogP contribution in [0.1, 0.15) is 22.8 Å². The van der Waals surface area contributed by atoms with Crippen LogP contribution in [-0.4, -0.2) is 28.8 Å². The molecule has 0 aliphatic carbocycles. The second kappa shape index (κ2) is 7.67. The number of benzene rings is 1. The van der Waals surface area contributed by atoms with Gasteiger partial charge < -0.3 is 5.32 Å². The van der Waals surface area contributed by atoms with Crippen molar-refractivity contribution < 1.29 is 22.8 Å². The molecule has 2 amide bonds. The number of carbonyl (C=O) groups excluding carboxylic acids is 2. The zero-order chi connectivity index (χ0) is 21.3. The molecule has 0 aliphatic heterocycles. The van der Waals surface area contributed by atoms with Gasteiger partial charge in [-0.1, -0.05) is 17.7 Å². The van der Waals surface area contributed by atoms with Crippen LogP contribution in [0.15, 0.2) is 42.6 Å². The third-order valence-electron chi connectivity index (χ3n) is 4.09. The molecule has 10 heteroatoms. The van der Waals surface area contributed by atoms with Crippen molar-refractivity contribution in [3.05, 3.63) is 58.9 Å². The first-order valence-electron chi connectivity index (χ1n) is 8.28. The number of aromatic nitrogens is 2. The number of hydrogen-bond donors (Lipinski definition) is 1. The summed E-state index contributed by atoms with van der Waals surface area (Å²) in [5.41, 5.74) is -0.647. The number of carbonyl (C=O) groups is 2. The molecule has 0 bridgehead atoms. The second-order valence-corrected chi connectivity index (χ2v) is 6.39. The molecule has 0 aliphatic rings. The minimum absolute atomic E-state index is 0.0105. The van der Waals surface area contributed by atoms with Crippen LogP contribution in [0.3, 0.4) is 0 Å². The van der Waals surface area contributed by atoms with Crippen LogP contribution in [0.25, 0.3) is 11.0 Å². The summed E-state index contributed by atoms with van der Waals surface area (Å²) in [7, 11) is 1.38. The van der Waals surface area contributed by atoms with Crippen LogP contribution >= 0.6 is 11.6 Å². The van der Waals surface area contributed by atoms with E-state index in [1.165, 1.54) is 44.4 Å². The first-order chi connectivity index (χ1) is 13.6. The van der Waals surface area contributed by atoms with Crippen LogP contribution < -0.4 is 10.2 Å². The first kappa shape index (κ1) is 20.5. The molecule has 0 fully saturated rings. The zero-order valence-electron chi connectivity index (χ0n) is 15.2. The van der Waals surface area contributed by atoms with Crippen molar-refractivity contribution in [3.8, 4) is 0 Å². The second-order valence-electron chi connectivity index (χ2n) is 6.00. The van der Waals surface area contributed by atoms with Gasteiger partial charge in [0.05, 0.1) is 22.3 Å². The summed E-state index contributed by atoms with van der Waals surface area (Å²) in [6.45, 7) is 1.17. The number of fused-ring (bicyclic) bond motifs is 1. The van der Waals surface area contributed by atoms with Gasteiger partial charge in [0.1, 0.15) is 10.7 Å². The monoisotopic (exact) mass is 422 g/mol. The van der Waals surface area contributed by atoms with Crippen LogP contribution in [0, 0.1) is 0 Å². The fourth-order valence-electron chi connectivity index (χ4n) is 2.85. The molecule has 0 spiro atoms. The van der Waals surface area contributed by atoms with E-state index in [9.17, 15) is 22.8 Å². The molecule has 1 N–H and O–H groups in total. The summed E-state index contributed by atoms with van der Waals surface area (Å²) in [5.74, 6) is -1.21. The van der Waals surface area contributed by atoms with E-state index in [1.54, 1.807) is 0 Å². The highest BCUT2D eigenvalue weighted by molar-refractivity contribution is 6.30. The molecule has 2 heterocycles. The van der Waals surface area contributed by atoms with Crippen molar-refractivity contribution in [1.82, 2.24) is 15.3 Å². The summed E-state index contributed by atoms with van der Waals surface area (Å²) < 4.78 is 39.6. The summed E-state index contributed by atoms with van der Waals surface area (Å²) >= 11 is 5.98. The Balaban J connectivity index is 2.37. The molecule has 6 nitrogen and oxygen atoms in total. The zero-order valence-corrected chi connectivity index (χ0v) is 16.0. The third kappa shape index (κ3) is 4.00. The Kier molecular flexibility index (Phi) is 5.43. The minimum atomic E-state index is -4.61. The van der Waals surface area contributed by atoms with Crippen LogP contribution in [-0.2, 0) is 11.0 Å². The van der Waals surface area contributed by atoms with E-state index in [0.29, 0.717) is 5.52 Å². The Labute approximate surface area is 168 Å². The van der Waals surface area contributed by atoms with E-state index < -0.39 is 23.6 Å². The smallest absolute Gasteiger partial charge is 0.355 e. The van der Waals surface area contributed by atoms with Crippen LogP contribution in [0.5, 0.6) is 0 Å². The molecular weight excluding hydrogens is 409 g/mol. The Morgan fingerprint density at radius 3 is 2.52 bits per heavy atom. The van der Waals surface area contributed by atoms with E-state index in [-0.39, 0.29) is 27.6 Å². The molecule has 2 aromatic heterocycles. The Bertz CT molecular complexity index is 1120. The predicted octanol–water partition coefficient (Wildman–Crippen LogP) is 4.35. The van der Waals surface area contributed by atoms with E-state index in [2.05, 4.69) is 15.3 Å². The molecule has 150 valence electrons. The Morgan fingerprint density at radius 1 is 1.17 bits per heavy atom. The minimum Gasteiger partial charge on any atom is -0.355 e. The summed E-state index contributed by atoms with van der Waals surface area (Å²) in [4.78, 5) is 34.2. The van der Waals surface area contributed by atoms with E-state index >= 15 is 0 Å². The van der Waals surface area contributed by atoms with Crippen molar-refractivity contribution in [3.63, 3.8) is 0 Å². The highest BCUT2D eigenvalue weighted by atomic mass is 35.5. The van der Waals surface area contributed by atoms with Gasteiger partial charge in [0, 0.05) is 25.9 Å². The van der Waals surface area contributed by atoms with Gasteiger partial charge in [-0.25, -0.2) is 4.98 Å². The topological polar surface area (TPSA) is 75.2 Å². The molecule has 0 saturated heterocycles. The highest BCUT2D eigenvalue weighted by Gasteiger charge is 2.32. The molecule has 3 rings (SSSR count). The van der Waals surface area contributed by atoms with Gasteiger partial charge in [-0.3, -0.25) is 19.5 Å². The van der Waals surface area contributed by atoms with Crippen molar-refractivity contribution in [2.45, 2.75) is 13.1 Å². The number of hydrogen-bond acceptors (Lipinski definition) is 4. The lowest BCUT2D eigenvalue weighted by atomic mass is 10.1. The highest BCUT2D eigenvalue weighted by Crippen LogP contribution is 2.37. The lowest BCUT2D eigenvalue weighted by Gasteiger charge is -2.25. The van der Waals surface area contributed by atoms with Crippen molar-refractivity contribution in [1.29, 1.82) is 0 Å².